The maximum absolute atomic E-state index is 11.8. The summed E-state index contributed by atoms with van der Waals surface area (Å²) in [6.45, 7) is 0. The summed E-state index contributed by atoms with van der Waals surface area (Å²) in [7, 11) is 1.38. The zero-order valence-electron chi connectivity index (χ0n) is 9.69. The lowest BCUT2D eigenvalue weighted by Crippen LogP contribution is -2.16. The SMILES string of the molecule is COC(=O)[C@@H](CBr)c1cccc2ccc(Cl)nc12. The Labute approximate surface area is 118 Å². The molecule has 0 aliphatic heterocycles. The number of nitrogens with zero attached hydrogens (tertiary/aromatic N) is 1. The Morgan fingerprint density at radius 2 is 2.22 bits per heavy atom. The van der Waals surface area contributed by atoms with Crippen LogP contribution in [0.3, 0.4) is 0 Å². The Kier molecular flexibility index (Phi) is 4.19. The van der Waals surface area contributed by atoms with E-state index in [0.717, 1.165) is 16.5 Å². The molecule has 0 amide bonds. The third-order valence-electron chi connectivity index (χ3n) is 2.73. The fraction of sp³-hybridized carbons (Fsp3) is 0.231. The third-order valence-corrected chi connectivity index (χ3v) is 3.59. The van der Waals surface area contributed by atoms with Gasteiger partial charge in [-0.15, -0.1) is 0 Å². The van der Waals surface area contributed by atoms with E-state index in [9.17, 15) is 4.79 Å². The van der Waals surface area contributed by atoms with Crippen molar-refractivity contribution in [3.8, 4) is 0 Å². The number of hydrogen-bond donors (Lipinski definition) is 0. The largest absolute Gasteiger partial charge is 0.469 e. The van der Waals surface area contributed by atoms with E-state index in [1.165, 1.54) is 7.11 Å². The number of methoxy groups -OCH3 is 1. The van der Waals surface area contributed by atoms with Crippen molar-refractivity contribution < 1.29 is 9.53 Å². The molecule has 0 saturated heterocycles. The van der Waals surface area contributed by atoms with Gasteiger partial charge >= 0.3 is 5.97 Å². The summed E-state index contributed by atoms with van der Waals surface area (Å²) in [6.07, 6.45) is 0. The number of alkyl halides is 1. The van der Waals surface area contributed by atoms with Crippen LogP contribution in [0, 0.1) is 0 Å². The Hall–Kier alpha value is -1.13. The number of aromatic nitrogens is 1. The number of esters is 1. The smallest absolute Gasteiger partial charge is 0.314 e. The zero-order valence-corrected chi connectivity index (χ0v) is 12.0. The first-order chi connectivity index (χ1) is 8.67. The minimum absolute atomic E-state index is 0.291. The van der Waals surface area contributed by atoms with E-state index in [2.05, 4.69) is 20.9 Å². The number of ether oxygens (including phenoxy) is 1. The molecule has 18 heavy (non-hydrogen) atoms. The minimum atomic E-state index is -0.385. The van der Waals surface area contributed by atoms with E-state index in [1.807, 2.05) is 24.3 Å². The number of carbonyl (C=O) groups excluding carboxylic acids is 1. The van der Waals surface area contributed by atoms with Gasteiger partial charge in [0.2, 0.25) is 0 Å². The van der Waals surface area contributed by atoms with Gasteiger partial charge in [0.1, 0.15) is 5.15 Å². The van der Waals surface area contributed by atoms with E-state index in [1.54, 1.807) is 6.07 Å². The van der Waals surface area contributed by atoms with Gasteiger partial charge in [-0.25, -0.2) is 4.98 Å². The predicted octanol–water partition coefficient (Wildman–Crippen LogP) is 3.54. The molecule has 0 fully saturated rings. The summed E-state index contributed by atoms with van der Waals surface area (Å²) in [5, 5.41) is 1.84. The summed E-state index contributed by atoms with van der Waals surface area (Å²) in [5.41, 5.74) is 1.55. The van der Waals surface area contributed by atoms with Crippen LogP contribution < -0.4 is 0 Å². The first-order valence-corrected chi connectivity index (χ1v) is 6.86. The van der Waals surface area contributed by atoms with Gasteiger partial charge in [0.25, 0.3) is 0 Å². The van der Waals surface area contributed by atoms with Crippen molar-refractivity contribution in [2.75, 3.05) is 12.4 Å². The topological polar surface area (TPSA) is 39.2 Å². The lowest BCUT2D eigenvalue weighted by atomic mass is 9.98. The van der Waals surface area contributed by atoms with Gasteiger partial charge in [-0.1, -0.05) is 45.7 Å². The van der Waals surface area contributed by atoms with Crippen LogP contribution in [-0.2, 0) is 9.53 Å². The highest BCUT2D eigenvalue weighted by molar-refractivity contribution is 9.09. The van der Waals surface area contributed by atoms with E-state index in [0.29, 0.717) is 10.5 Å². The molecule has 2 aromatic rings. The first kappa shape index (κ1) is 13.3. The highest BCUT2D eigenvalue weighted by atomic mass is 79.9. The van der Waals surface area contributed by atoms with Crippen LogP contribution in [0.5, 0.6) is 0 Å². The van der Waals surface area contributed by atoms with Crippen molar-refractivity contribution in [2.24, 2.45) is 0 Å². The lowest BCUT2D eigenvalue weighted by Gasteiger charge is -2.14. The van der Waals surface area contributed by atoms with Gasteiger partial charge in [-0.3, -0.25) is 4.79 Å². The Morgan fingerprint density at radius 3 is 2.89 bits per heavy atom. The molecule has 0 unspecified atom stereocenters. The summed E-state index contributed by atoms with van der Waals surface area (Å²) in [6, 6.07) is 9.32. The molecule has 0 saturated carbocycles. The molecule has 94 valence electrons. The van der Waals surface area contributed by atoms with E-state index < -0.39 is 0 Å². The molecule has 5 heteroatoms. The van der Waals surface area contributed by atoms with Crippen molar-refractivity contribution in [3.05, 3.63) is 41.0 Å². The van der Waals surface area contributed by atoms with Crippen LogP contribution in [0.1, 0.15) is 11.5 Å². The lowest BCUT2D eigenvalue weighted by molar-refractivity contribution is -0.141. The number of para-hydroxylation sites is 1. The summed E-state index contributed by atoms with van der Waals surface area (Å²) < 4.78 is 4.81. The van der Waals surface area contributed by atoms with Crippen LogP contribution >= 0.6 is 27.5 Å². The maximum Gasteiger partial charge on any atom is 0.314 e. The predicted molar refractivity (Wildman–Crippen MR) is 75.3 cm³/mol. The third kappa shape index (κ3) is 2.49. The highest BCUT2D eigenvalue weighted by Crippen LogP contribution is 2.27. The molecule has 2 rings (SSSR count). The quantitative estimate of drug-likeness (QED) is 0.491. The normalized spacial score (nSPS) is 12.4. The number of fused-ring (bicyclic) bond motifs is 1. The molecular formula is C13H11BrClNO2. The first-order valence-electron chi connectivity index (χ1n) is 5.36. The standard InChI is InChI=1S/C13H11BrClNO2/c1-18-13(17)10(7-14)9-4-2-3-8-5-6-11(15)16-12(8)9/h2-6,10H,7H2,1H3/t10-/m0/s1. The second-order valence-electron chi connectivity index (χ2n) is 3.78. The Balaban J connectivity index is 2.62. The van der Waals surface area contributed by atoms with E-state index in [4.69, 9.17) is 16.3 Å². The molecule has 0 radical (unpaired) electrons. The average molecular weight is 329 g/mol. The number of hydrogen-bond acceptors (Lipinski definition) is 3. The summed E-state index contributed by atoms with van der Waals surface area (Å²) in [4.78, 5) is 16.1. The average Bonchev–Trinajstić information content (AvgIpc) is 2.39. The Morgan fingerprint density at radius 1 is 1.44 bits per heavy atom. The fourth-order valence-corrected chi connectivity index (χ4v) is 2.60. The number of rotatable bonds is 3. The Bertz CT molecular complexity index is 588. The monoisotopic (exact) mass is 327 g/mol. The van der Waals surface area contributed by atoms with Gasteiger partial charge in [0.05, 0.1) is 18.5 Å². The molecule has 0 aliphatic carbocycles. The molecule has 1 aromatic carbocycles. The molecule has 1 heterocycles. The molecule has 0 N–H and O–H groups in total. The molecular weight excluding hydrogens is 318 g/mol. The number of halogens is 2. The molecule has 1 atom stereocenters. The van der Waals surface area contributed by atoms with Crippen LogP contribution in [-0.4, -0.2) is 23.4 Å². The van der Waals surface area contributed by atoms with E-state index >= 15 is 0 Å². The van der Waals surface area contributed by atoms with Gasteiger partial charge in [0, 0.05) is 10.7 Å². The number of pyridine rings is 1. The maximum atomic E-state index is 11.8. The summed E-state index contributed by atoms with van der Waals surface area (Å²) in [5.74, 6) is -0.675. The van der Waals surface area contributed by atoms with Gasteiger partial charge in [0.15, 0.2) is 0 Å². The number of carbonyl (C=O) groups is 1. The molecule has 0 bridgehead atoms. The van der Waals surface area contributed by atoms with Gasteiger partial charge in [-0.2, -0.15) is 0 Å². The van der Waals surface area contributed by atoms with Crippen molar-refractivity contribution in [1.82, 2.24) is 4.98 Å². The van der Waals surface area contributed by atoms with Gasteiger partial charge < -0.3 is 4.74 Å². The summed E-state index contributed by atoms with van der Waals surface area (Å²) >= 11 is 9.25. The van der Waals surface area contributed by atoms with Crippen LogP contribution in [0.2, 0.25) is 5.15 Å². The van der Waals surface area contributed by atoms with Crippen LogP contribution in [0.4, 0.5) is 0 Å². The molecule has 0 aliphatic rings. The minimum Gasteiger partial charge on any atom is -0.469 e. The molecule has 0 spiro atoms. The fourth-order valence-electron chi connectivity index (χ4n) is 1.84. The number of benzene rings is 1. The van der Waals surface area contributed by atoms with Crippen LogP contribution in [0.15, 0.2) is 30.3 Å². The molecule has 1 aromatic heterocycles. The van der Waals surface area contributed by atoms with Crippen molar-refractivity contribution in [1.29, 1.82) is 0 Å². The van der Waals surface area contributed by atoms with Crippen molar-refractivity contribution in [2.45, 2.75) is 5.92 Å². The second kappa shape index (κ2) is 5.67. The van der Waals surface area contributed by atoms with E-state index in [-0.39, 0.29) is 11.9 Å². The molecule has 3 nitrogen and oxygen atoms in total. The van der Waals surface area contributed by atoms with Crippen molar-refractivity contribution in [3.63, 3.8) is 0 Å². The second-order valence-corrected chi connectivity index (χ2v) is 4.82. The van der Waals surface area contributed by atoms with Gasteiger partial charge in [-0.05, 0) is 17.7 Å². The van der Waals surface area contributed by atoms with Crippen molar-refractivity contribution >= 4 is 44.4 Å². The van der Waals surface area contributed by atoms with Crippen LogP contribution in [0.25, 0.3) is 10.9 Å². The highest BCUT2D eigenvalue weighted by Gasteiger charge is 2.22. The zero-order chi connectivity index (χ0) is 13.1.